The van der Waals surface area contributed by atoms with Gasteiger partial charge in [-0.05, 0) is 44.0 Å². The number of nitrogens with zero attached hydrogens (tertiary/aromatic N) is 2. The van der Waals surface area contributed by atoms with Gasteiger partial charge >= 0.3 is 0 Å². The predicted octanol–water partition coefficient (Wildman–Crippen LogP) is 4.67. The van der Waals surface area contributed by atoms with Gasteiger partial charge in [-0.2, -0.15) is 0 Å². The standard InChI is InChI=1S/C14H8Br2FN3O/c15-7-3-11-14(20-6-7)12(1-2-19-11)21-13-5-9(17)8(16)4-10(13)18/h1-6H,18H2. The minimum Gasteiger partial charge on any atom is -0.453 e. The maximum Gasteiger partial charge on any atom is 0.156 e. The van der Waals surface area contributed by atoms with Crippen molar-refractivity contribution in [3.63, 3.8) is 0 Å². The van der Waals surface area contributed by atoms with Crippen LogP contribution in [0.25, 0.3) is 11.0 Å². The Morgan fingerprint density at radius 2 is 1.90 bits per heavy atom. The van der Waals surface area contributed by atoms with Gasteiger partial charge in [0.05, 0.1) is 15.7 Å². The summed E-state index contributed by atoms with van der Waals surface area (Å²) in [4.78, 5) is 8.48. The molecule has 2 heterocycles. The van der Waals surface area contributed by atoms with Crippen molar-refractivity contribution in [3.8, 4) is 11.5 Å². The lowest BCUT2D eigenvalue weighted by molar-refractivity contribution is 0.482. The topological polar surface area (TPSA) is 61.0 Å². The van der Waals surface area contributed by atoms with Crippen LogP contribution in [0.2, 0.25) is 0 Å². The first-order valence-electron chi connectivity index (χ1n) is 5.87. The van der Waals surface area contributed by atoms with Gasteiger partial charge in [0, 0.05) is 29.0 Å². The number of hydrogen-bond acceptors (Lipinski definition) is 4. The molecule has 0 spiro atoms. The third kappa shape index (κ3) is 2.84. The first-order chi connectivity index (χ1) is 10.0. The molecule has 0 saturated heterocycles. The molecule has 0 radical (unpaired) electrons. The van der Waals surface area contributed by atoms with Gasteiger partial charge in [0.25, 0.3) is 0 Å². The van der Waals surface area contributed by atoms with Crippen LogP contribution in [0.4, 0.5) is 10.1 Å². The van der Waals surface area contributed by atoms with E-state index in [-0.39, 0.29) is 10.2 Å². The number of rotatable bonds is 2. The summed E-state index contributed by atoms with van der Waals surface area (Å²) >= 11 is 6.41. The van der Waals surface area contributed by atoms with Crippen LogP contribution in [0.1, 0.15) is 0 Å². The molecule has 4 nitrogen and oxygen atoms in total. The molecule has 0 atom stereocenters. The Bertz CT molecular complexity index is 842. The average Bonchev–Trinajstić information content (AvgIpc) is 2.44. The Morgan fingerprint density at radius 1 is 1.10 bits per heavy atom. The van der Waals surface area contributed by atoms with E-state index in [1.54, 1.807) is 18.5 Å². The van der Waals surface area contributed by atoms with Gasteiger partial charge in [-0.15, -0.1) is 0 Å². The molecule has 3 aromatic rings. The highest BCUT2D eigenvalue weighted by atomic mass is 79.9. The molecule has 0 fully saturated rings. The summed E-state index contributed by atoms with van der Waals surface area (Å²) in [5.74, 6) is 0.238. The smallest absolute Gasteiger partial charge is 0.156 e. The molecule has 0 amide bonds. The van der Waals surface area contributed by atoms with Crippen molar-refractivity contribution in [2.24, 2.45) is 0 Å². The fraction of sp³-hybridized carbons (Fsp3) is 0. The molecule has 21 heavy (non-hydrogen) atoms. The van der Waals surface area contributed by atoms with Crippen molar-refractivity contribution in [2.75, 3.05) is 5.73 Å². The van der Waals surface area contributed by atoms with Crippen molar-refractivity contribution in [1.29, 1.82) is 0 Å². The highest BCUT2D eigenvalue weighted by Crippen LogP contribution is 2.34. The highest BCUT2D eigenvalue weighted by molar-refractivity contribution is 9.10. The molecular formula is C14H8Br2FN3O. The number of anilines is 1. The van der Waals surface area contributed by atoms with E-state index in [0.717, 1.165) is 4.47 Å². The second-order valence-corrected chi connectivity index (χ2v) is 6.01. The van der Waals surface area contributed by atoms with Crippen LogP contribution in [0.3, 0.4) is 0 Å². The van der Waals surface area contributed by atoms with Gasteiger partial charge in [0.15, 0.2) is 11.5 Å². The second-order valence-electron chi connectivity index (χ2n) is 4.24. The zero-order valence-electron chi connectivity index (χ0n) is 10.5. The van der Waals surface area contributed by atoms with E-state index < -0.39 is 5.82 Å². The first kappa shape index (κ1) is 14.2. The molecule has 0 unspecified atom stereocenters. The van der Waals surface area contributed by atoms with Crippen molar-refractivity contribution in [2.45, 2.75) is 0 Å². The molecule has 0 aliphatic heterocycles. The third-order valence-electron chi connectivity index (χ3n) is 2.78. The van der Waals surface area contributed by atoms with Gasteiger partial charge in [0.1, 0.15) is 11.3 Å². The van der Waals surface area contributed by atoms with Crippen molar-refractivity contribution < 1.29 is 9.13 Å². The first-order valence-corrected chi connectivity index (χ1v) is 7.46. The van der Waals surface area contributed by atoms with Crippen LogP contribution in [0.5, 0.6) is 11.5 Å². The summed E-state index contributed by atoms with van der Waals surface area (Å²) in [7, 11) is 0. The van der Waals surface area contributed by atoms with Gasteiger partial charge in [-0.1, -0.05) is 0 Å². The van der Waals surface area contributed by atoms with E-state index in [0.29, 0.717) is 22.5 Å². The van der Waals surface area contributed by atoms with E-state index in [1.165, 1.54) is 12.1 Å². The maximum absolute atomic E-state index is 13.6. The Hall–Kier alpha value is -1.73. The number of aromatic nitrogens is 2. The maximum atomic E-state index is 13.6. The van der Waals surface area contributed by atoms with E-state index >= 15 is 0 Å². The molecule has 3 rings (SSSR count). The Balaban J connectivity index is 2.08. The summed E-state index contributed by atoms with van der Waals surface area (Å²) in [6.45, 7) is 0. The summed E-state index contributed by atoms with van der Waals surface area (Å²) < 4.78 is 20.4. The highest BCUT2D eigenvalue weighted by Gasteiger charge is 2.11. The van der Waals surface area contributed by atoms with Gasteiger partial charge in [-0.25, -0.2) is 9.37 Å². The molecule has 0 aliphatic rings. The molecule has 2 aromatic heterocycles. The molecule has 0 bridgehead atoms. The number of halogens is 3. The summed E-state index contributed by atoms with van der Waals surface area (Å²) in [5.41, 5.74) is 7.40. The summed E-state index contributed by atoms with van der Waals surface area (Å²) in [6, 6.07) is 6.16. The minimum absolute atomic E-state index is 0.230. The van der Waals surface area contributed by atoms with Gasteiger partial charge in [-0.3, -0.25) is 4.98 Å². The van der Waals surface area contributed by atoms with E-state index in [1.807, 2.05) is 6.07 Å². The molecular weight excluding hydrogens is 405 g/mol. The zero-order valence-corrected chi connectivity index (χ0v) is 13.7. The second kappa shape index (κ2) is 5.57. The lowest BCUT2D eigenvalue weighted by Gasteiger charge is -2.11. The van der Waals surface area contributed by atoms with Crippen LogP contribution < -0.4 is 10.5 Å². The normalized spacial score (nSPS) is 10.8. The zero-order chi connectivity index (χ0) is 15.0. The number of nitrogens with two attached hydrogens (primary N) is 1. The number of pyridine rings is 2. The number of nitrogen functional groups attached to an aromatic ring is 1. The number of fused-ring (bicyclic) bond motifs is 1. The number of benzene rings is 1. The number of ether oxygens (including phenoxy) is 1. The van der Waals surface area contributed by atoms with Crippen LogP contribution in [0.15, 0.2) is 45.6 Å². The quantitative estimate of drug-likeness (QED) is 0.621. The molecule has 0 saturated carbocycles. The van der Waals surface area contributed by atoms with Crippen molar-refractivity contribution in [1.82, 2.24) is 9.97 Å². The molecule has 1 aromatic carbocycles. The van der Waals surface area contributed by atoms with Crippen molar-refractivity contribution in [3.05, 3.63) is 51.4 Å². The van der Waals surface area contributed by atoms with Crippen LogP contribution >= 0.6 is 31.9 Å². The van der Waals surface area contributed by atoms with Gasteiger partial charge in [0.2, 0.25) is 0 Å². The fourth-order valence-electron chi connectivity index (χ4n) is 1.81. The Labute approximate surface area is 136 Å². The largest absolute Gasteiger partial charge is 0.453 e. The molecule has 0 aliphatic carbocycles. The van der Waals surface area contributed by atoms with Crippen LogP contribution in [0, 0.1) is 5.82 Å². The summed E-state index contributed by atoms with van der Waals surface area (Å²) in [6.07, 6.45) is 3.24. The van der Waals surface area contributed by atoms with E-state index in [4.69, 9.17) is 10.5 Å². The lowest BCUT2D eigenvalue weighted by atomic mass is 10.2. The molecule has 7 heteroatoms. The molecule has 2 N–H and O–H groups in total. The summed E-state index contributed by atoms with van der Waals surface area (Å²) in [5, 5.41) is 0. The van der Waals surface area contributed by atoms with Crippen LogP contribution in [-0.4, -0.2) is 9.97 Å². The predicted molar refractivity (Wildman–Crippen MR) is 85.8 cm³/mol. The van der Waals surface area contributed by atoms with Crippen molar-refractivity contribution >= 4 is 48.6 Å². The molecule has 106 valence electrons. The minimum atomic E-state index is -0.451. The lowest BCUT2D eigenvalue weighted by Crippen LogP contribution is -1.95. The Kier molecular flexibility index (Phi) is 3.77. The monoisotopic (exact) mass is 411 g/mol. The van der Waals surface area contributed by atoms with E-state index in [9.17, 15) is 4.39 Å². The SMILES string of the molecule is Nc1cc(Br)c(F)cc1Oc1ccnc2cc(Br)cnc12. The van der Waals surface area contributed by atoms with Crippen LogP contribution in [-0.2, 0) is 0 Å². The van der Waals surface area contributed by atoms with Gasteiger partial charge < -0.3 is 10.5 Å². The third-order valence-corrected chi connectivity index (χ3v) is 3.82. The Morgan fingerprint density at radius 3 is 2.71 bits per heavy atom. The average molecular weight is 413 g/mol. The fourth-order valence-corrected chi connectivity index (χ4v) is 2.49. The van der Waals surface area contributed by atoms with E-state index in [2.05, 4.69) is 41.8 Å². The number of hydrogen-bond donors (Lipinski definition) is 1.